The molecule has 2 aliphatic rings. The highest BCUT2D eigenvalue weighted by molar-refractivity contribution is 5.89. The molecule has 24 heavy (non-hydrogen) atoms. The number of hydrogen-bond donors (Lipinski definition) is 0. The lowest BCUT2D eigenvalue weighted by Crippen LogP contribution is -2.47. The Balaban J connectivity index is 1.67. The maximum Gasteiger partial charge on any atom is 0.338 e. The van der Waals surface area contributed by atoms with Gasteiger partial charge in [0.05, 0.1) is 12.7 Å². The van der Waals surface area contributed by atoms with Gasteiger partial charge in [0, 0.05) is 7.11 Å². The maximum absolute atomic E-state index is 12.4. The Bertz CT molecular complexity index is 557. The number of fused-ring (bicyclic) bond motifs is 1. The van der Waals surface area contributed by atoms with Gasteiger partial charge in [-0.2, -0.15) is 0 Å². The van der Waals surface area contributed by atoms with Crippen molar-refractivity contribution in [3.8, 4) is 5.75 Å². The van der Waals surface area contributed by atoms with Crippen molar-refractivity contribution in [3.63, 3.8) is 0 Å². The molecule has 0 radical (unpaired) electrons. The lowest BCUT2D eigenvalue weighted by Gasteiger charge is -2.32. The highest BCUT2D eigenvalue weighted by atomic mass is 16.7. The minimum Gasteiger partial charge on any atom is -0.497 e. The minimum absolute atomic E-state index is 0.146. The monoisotopic (exact) mass is 336 g/mol. The number of esters is 1. The molecule has 0 amide bonds. The third kappa shape index (κ3) is 3.55. The Morgan fingerprint density at radius 3 is 2.50 bits per heavy atom. The summed E-state index contributed by atoms with van der Waals surface area (Å²) in [4.78, 5) is 12.4. The van der Waals surface area contributed by atoms with E-state index in [2.05, 4.69) is 6.92 Å². The van der Waals surface area contributed by atoms with Gasteiger partial charge >= 0.3 is 5.97 Å². The molecule has 0 bridgehead atoms. The molecule has 0 unspecified atom stereocenters. The second-order valence-corrected chi connectivity index (χ2v) is 6.08. The average Bonchev–Trinajstić information content (AvgIpc) is 3.41. The fourth-order valence-electron chi connectivity index (χ4n) is 3.05. The van der Waals surface area contributed by atoms with Crippen LogP contribution in [-0.4, -0.2) is 50.9 Å². The number of benzene rings is 1. The number of carbonyl (C=O) groups excluding carboxylic acids is 1. The zero-order chi connectivity index (χ0) is 17.1. The van der Waals surface area contributed by atoms with Crippen LogP contribution in [0.2, 0.25) is 0 Å². The second kappa shape index (κ2) is 7.51. The standard InChI is InChI=1S/C18H24O6/c1-4-5-6-13-14(15-16(23-15)18(21-3)22-13)24-17(19)11-7-9-12(20-2)10-8-11/h7-10,13-16,18H,4-6H2,1-3H3/t13-,14-,15+,16+,18-/m1/s1. The van der Waals surface area contributed by atoms with Crippen LogP contribution in [0.5, 0.6) is 5.75 Å². The zero-order valence-corrected chi connectivity index (χ0v) is 14.3. The first-order valence-corrected chi connectivity index (χ1v) is 8.36. The zero-order valence-electron chi connectivity index (χ0n) is 14.3. The van der Waals surface area contributed by atoms with E-state index in [1.54, 1.807) is 38.5 Å². The number of carbonyl (C=O) groups is 1. The van der Waals surface area contributed by atoms with E-state index in [1.165, 1.54) is 0 Å². The Labute approximate surface area is 142 Å². The van der Waals surface area contributed by atoms with E-state index >= 15 is 0 Å². The number of epoxide rings is 1. The normalized spacial score (nSPS) is 31.2. The van der Waals surface area contributed by atoms with Crippen LogP contribution in [0.25, 0.3) is 0 Å². The molecule has 2 heterocycles. The third-order valence-corrected chi connectivity index (χ3v) is 4.47. The van der Waals surface area contributed by atoms with Crippen LogP contribution in [0.1, 0.15) is 36.5 Å². The van der Waals surface area contributed by atoms with Crippen molar-refractivity contribution in [2.24, 2.45) is 0 Å². The maximum atomic E-state index is 12.4. The van der Waals surface area contributed by atoms with E-state index in [1.807, 2.05) is 0 Å². The fourth-order valence-corrected chi connectivity index (χ4v) is 3.05. The van der Waals surface area contributed by atoms with Crippen molar-refractivity contribution < 1.29 is 28.5 Å². The molecule has 0 N–H and O–H groups in total. The van der Waals surface area contributed by atoms with Gasteiger partial charge in [-0.25, -0.2) is 4.79 Å². The molecule has 6 nitrogen and oxygen atoms in total. The number of unbranched alkanes of at least 4 members (excludes halogenated alkanes) is 1. The fraction of sp³-hybridized carbons (Fsp3) is 0.611. The quantitative estimate of drug-likeness (QED) is 0.563. The van der Waals surface area contributed by atoms with Crippen LogP contribution >= 0.6 is 0 Å². The summed E-state index contributed by atoms with van der Waals surface area (Å²) in [6, 6.07) is 6.85. The van der Waals surface area contributed by atoms with E-state index in [4.69, 9.17) is 23.7 Å². The summed E-state index contributed by atoms with van der Waals surface area (Å²) >= 11 is 0. The van der Waals surface area contributed by atoms with Gasteiger partial charge in [0.25, 0.3) is 0 Å². The van der Waals surface area contributed by atoms with E-state index in [9.17, 15) is 4.79 Å². The van der Waals surface area contributed by atoms with Gasteiger partial charge in [0.1, 0.15) is 24.1 Å². The van der Waals surface area contributed by atoms with Crippen LogP contribution in [0.3, 0.4) is 0 Å². The molecule has 2 fully saturated rings. The molecule has 1 aromatic carbocycles. The number of ether oxygens (including phenoxy) is 5. The van der Waals surface area contributed by atoms with Gasteiger partial charge in [0.15, 0.2) is 12.4 Å². The van der Waals surface area contributed by atoms with Crippen LogP contribution in [0, 0.1) is 0 Å². The Morgan fingerprint density at radius 2 is 1.88 bits per heavy atom. The lowest BCUT2D eigenvalue weighted by molar-refractivity contribution is -0.201. The lowest BCUT2D eigenvalue weighted by atomic mass is 9.99. The molecule has 132 valence electrons. The largest absolute Gasteiger partial charge is 0.497 e. The van der Waals surface area contributed by atoms with Crippen LogP contribution in [0.15, 0.2) is 24.3 Å². The summed E-state index contributed by atoms with van der Waals surface area (Å²) in [5.41, 5.74) is 0.483. The predicted molar refractivity (Wildman–Crippen MR) is 86.1 cm³/mol. The van der Waals surface area contributed by atoms with Crippen molar-refractivity contribution in [3.05, 3.63) is 29.8 Å². The summed E-state index contributed by atoms with van der Waals surface area (Å²) in [5.74, 6) is 0.319. The molecule has 2 saturated heterocycles. The van der Waals surface area contributed by atoms with Gasteiger partial charge < -0.3 is 23.7 Å². The Kier molecular flexibility index (Phi) is 5.38. The topological polar surface area (TPSA) is 66.5 Å². The highest BCUT2D eigenvalue weighted by Crippen LogP contribution is 2.40. The Morgan fingerprint density at radius 1 is 1.12 bits per heavy atom. The van der Waals surface area contributed by atoms with Gasteiger partial charge in [-0.05, 0) is 30.7 Å². The van der Waals surface area contributed by atoms with E-state index < -0.39 is 6.10 Å². The average molecular weight is 336 g/mol. The van der Waals surface area contributed by atoms with E-state index in [0.29, 0.717) is 11.3 Å². The number of rotatable bonds is 7. The summed E-state index contributed by atoms with van der Waals surface area (Å²) in [6.45, 7) is 2.12. The van der Waals surface area contributed by atoms with E-state index in [0.717, 1.165) is 19.3 Å². The molecular formula is C18H24O6. The molecule has 6 heteroatoms. The number of methoxy groups -OCH3 is 2. The minimum atomic E-state index is -0.400. The summed E-state index contributed by atoms with van der Waals surface area (Å²) < 4.78 is 27.7. The van der Waals surface area contributed by atoms with Crippen molar-refractivity contribution in [2.45, 2.75) is 56.9 Å². The van der Waals surface area contributed by atoms with Crippen molar-refractivity contribution in [2.75, 3.05) is 14.2 Å². The van der Waals surface area contributed by atoms with Crippen molar-refractivity contribution in [1.29, 1.82) is 0 Å². The van der Waals surface area contributed by atoms with Crippen LogP contribution < -0.4 is 4.74 Å². The molecule has 3 rings (SSSR count). The molecule has 0 aliphatic carbocycles. The van der Waals surface area contributed by atoms with E-state index in [-0.39, 0.29) is 30.6 Å². The molecule has 1 aromatic rings. The smallest absolute Gasteiger partial charge is 0.338 e. The van der Waals surface area contributed by atoms with Gasteiger partial charge in [0.2, 0.25) is 0 Å². The molecular weight excluding hydrogens is 312 g/mol. The highest BCUT2D eigenvalue weighted by Gasteiger charge is 2.59. The van der Waals surface area contributed by atoms with Crippen molar-refractivity contribution in [1.82, 2.24) is 0 Å². The van der Waals surface area contributed by atoms with Crippen molar-refractivity contribution >= 4 is 5.97 Å². The van der Waals surface area contributed by atoms with Crippen LogP contribution in [0.4, 0.5) is 0 Å². The molecule has 0 spiro atoms. The summed E-state index contributed by atoms with van der Waals surface area (Å²) in [5, 5.41) is 0. The first kappa shape index (κ1) is 17.2. The molecule has 2 aliphatic heterocycles. The number of hydrogen-bond acceptors (Lipinski definition) is 6. The van der Waals surface area contributed by atoms with Gasteiger partial charge in [-0.1, -0.05) is 19.8 Å². The van der Waals surface area contributed by atoms with Gasteiger partial charge in [-0.15, -0.1) is 0 Å². The molecule has 5 atom stereocenters. The predicted octanol–water partition coefficient (Wildman–Crippen LogP) is 2.55. The van der Waals surface area contributed by atoms with Gasteiger partial charge in [-0.3, -0.25) is 0 Å². The SMILES string of the molecule is CCCC[C@H]1O[C@@H](OC)[C@H]2O[C@H]2[C@@H]1OC(=O)c1ccc(OC)cc1. The first-order valence-electron chi connectivity index (χ1n) is 8.36. The molecule has 0 aromatic heterocycles. The summed E-state index contributed by atoms with van der Waals surface area (Å²) in [7, 11) is 3.19. The third-order valence-electron chi connectivity index (χ3n) is 4.47. The second-order valence-electron chi connectivity index (χ2n) is 6.08. The summed E-state index contributed by atoms with van der Waals surface area (Å²) in [6.07, 6.45) is 1.56. The first-order chi connectivity index (χ1) is 11.7. The van der Waals surface area contributed by atoms with Crippen LogP contribution in [-0.2, 0) is 18.9 Å². The Hall–Kier alpha value is -1.63. The molecule has 0 saturated carbocycles.